The van der Waals surface area contributed by atoms with Crippen molar-refractivity contribution < 1.29 is 9.15 Å². The largest absolute Gasteiger partial charge is 0.495 e. The fourth-order valence-corrected chi connectivity index (χ4v) is 1.86. The second-order valence-corrected chi connectivity index (χ2v) is 4.07. The highest BCUT2D eigenvalue weighted by molar-refractivity contribution is 5.79. The van der Waals surface area contributed by atoms with E-state index >= 15 is 0 Å². The van der Waals surface area contributed by atoms with Gasteiger partial charge in [0.2, 0.25) is 0 Å². The molecule has 0 unspecified atom stereocenters. The maximum absolute atomic E-state index is 5.70. The summed E-state index contributed by atoms with van der Waals surface area (Å²) in [6.07, 6.45) is 0. The molecule has 3 aromatic rings. The first kappa shape index (κ1) is 11.4. The van der Waals surface area contributed by atoms with Gasteiger partial charge in [0.1, 0.15) is 11.3 Å². The number of fused-ring (bicyclic) bond motifs is 1. The molecule has 0 atom stereocenters. The number of nitrogens with one attached hydrogen (secondary N) is 1. The van der Waals surface area contributed by atoms with E-state index in [-0.39, 0.29) is 0 Å². The van der Waals surface area contributed by atoms with E-state index in [4.69, 9.17) is 14.9 Å². The molecule has 1 heterocycles. The lowest BCUT2D eigenvalue weighted by Gasteiger charge is -2.07. The number of oxazole rings is 1. The minimum absolute atomic E-state index is 0.408. The van der Waals surface area contributed by atoms with Crippen molar-refractivity contribution in [3.8, 4) is 5.75 Å². The zero-order valence-corrected chi connectivity index (χ0v) is 10.4. The van der Waals surface area contributed by atoms with Crippen LogP contribution in [0.3, 0.4) is 0 Å². The quantitative estimate of drug-likeness (QED) is 0.703. The lowest BCUT2D eigenvalue weighted by Crippen LogP contribution is -1.93. The number of anilines is 3. The molecule has 0 saturated heterocycles. The van der Waals surface area contributed by atoms with Gasteiger partial charge in [-0.25, -0.2) is 0 Å². The number of hydrogen-bond donors (Lipinski definition) is 2. The molecule has 0 spiro atoms. The summed E-state index contributed by atoms with van der Waals surface area (Å²) in [5, 5.41) is 3.09. The Kier molecular flexibility index (Phi) is 2.72. The van der Waals surface area contributed by atoms with Crippen molar-refractivity contribution in [1.29, 1.82) is 0 Å². The van der Waals surface area contributed by atoms with E-state index in [2.05, 4.69) is 10.3 Å². The summed E-state index contributed by atoms with van der Waals surface area (Å²) >= 11 is 0. The Labute approximate surface area is 110 Å². The van der Waals surface area contributed by atoms with Crippen LogP contribution in [0.5, 0.6) is 5.75 Å². The smallest absolute Gasteiger partial charge is 0.300 e. The Balaban J connectivity index is 1.96. The molecule has 96 valence electrons. The van der Waals surface area contributed by atoms with Crippen LogP contribution in [0.1, 0.15) is 0 Å². The molecule has 19 heavy (non-hydrogen) atoms. The van der Waals surface area contributed by atoms with E-state index in [1.54, 1.807) is 19.2 Å². The van der Waals surface area contributed by atoms with Crippen LogP contribution in [-0.4, -0.2) is 12.1 Å². The fraction of sp³-hybridized carbons (Fsp3) is 0.0714. The predicted octanol–water partition coefficient (Wildman–Crippen LogP) is 3.16. The second-order valence-electron chi connectivity index (χ2n) is 4.07. The van der Waals surface area contributed by atoms with E-state index in [0.29, 0.717) is 17.3 Å². The number of benzene rings is 2. The normalized spacial score (nSPS) is 10.6. The second kappa shape index (κ2) is 4.53. The van der Waals surface area contributed by atoms with E-state index in [9.17, 15) is 0 Å². The molecule has 0 bridgehead atoms. The number of hydrogen-bond acceptors (Lipinski definition) is 5. The maximum atomic E-state index is 5.70. The third kappa shape index (κ3) is 2.18. The van der Waals surface area contributed by atoms with Gasteiger partial charge in [-0.05, 0) is 24.3 Å². The third-order valence-corrected chi connectivity index (χ3v) is 2.76. The van der Waals surface area contributed by atoms with Crippen LogP contribution in [0.4, 0.5) is 17.4 Å². The highest BCUT2D eigenvalue weighted by atomic mass is 16.5. The molecular formula is C14H13N3O2. The number of rotatable bonds is 3. The number of aromatic nitrogens is 1. The van der Waals surface area contributed by atoms with Gasteiger partial charge in [-0.2, -0.15) is 4.98 Å². The fourth-order valence-electron chi connectivity index (χ4n) is 1.86. The summed E-state index contributed by atoms with van der Waals surface area (Å²) < 4.78 is 10.9. The molecular weight excluding hydrogens is 242 g/mol. The van der Waals surface area contributed by atoms with Crippen molar-refractivity contribution in [2.24, 2.45) is 0 Å². The van der Waals surface area contributed by atoms with E-state index < -0.39 is 0 Å². The number of nitrogens with zero attached hydrogens (tertiary/aromatic N) is 1. The Morgan fingerprint density at radius 2 is 2.05 bits per heavy atom. The van der Waals surface area contributed by atoms with Gasteiger partial charge in [0.15, 0.2) is 5.58 Å². The minimum atomic E-state index is 0.408. The number of ether oxygens (including phenoxy) is 1. The van der Waals surface area contributed by atoms with Crippen molar-refractivity contribution in [3.63, 3.8) is 0 Å². The average Bonchev–Trinajstić information content (AvgIpc) is 2.80. The van der Waals surface area contributed by atoms with Crippen molar-refractivity contribution in [3.05, 3.63) is 42.5 Å². The highest BCUT2D eigenvalue weighted by Gasteiger charge is 2.08. The molecule has 0 fully saturated rings. The van der Waals surface area contributed by atoms with Gasteiger partial charge in [-0.3, -0.25) is 0 Å². The zero-order chi connectivity index (χ0) is 13.2. The van der Waals surface area contributed by atoms with Crippen molar-refractivity contribution in [2.45, 2.75) is 0 Å². The van der Waals surface area contributed by atoms with E-state index in [1.165, 1.54) is 0 Å². The Bertz CT molecular complexity index is 722. The molecule has 5 heteroatoms. The standard InChI is InChI=1S/C14H13N3O2/c1-18-12-5-3-2-4-10(12)16-14-17-11-7-6-9(15)8-13(11)19-14/h2-8H,15H2,1H3,(H,16,17). The molecule has 0 aliphatic carbocycles. The summed E-state index contributed by atoms with van der Waals surface area (Å²) in [6, 6.07) is 13.3. The van der Waals surface area contributed by atoms with Crippen molar-refractivity contribution >= 4 is 28.5 Å². The first-order valence-electron chi connectivity index (χ1n) is 5.82. The topological polar surface area (TPSA) is 73.3 Å². The Morgan fingerprint density at radius 1 is 1.21 bits per heavy atom. The summed E-state index contributed by atoms with van der Waals surface area (Å²) in [5.74, 6) is 0.726. The Hall–Kier alpha value is -2.69. The lowest BCUT2D eigenvalue weighted by atomic mass is 10.3. The van der Waals surface area contributed by atoms with Gasteiger partial charge in [0.05, 0.1) is 12.8 Å². The van der Waals surface area contributed by atoms with Crippen LogP contribution < -0.4 is 15.8 Å². The molecule has 3 rings (SSSR count). The predicted molar refractivity (Wildman–Crippen MR) is 74.7 cm³/mol. The van der Waals surface area contributed by atoms with E-state index in [0.717, 1.165) is 17.0 Å². The first-order chi connectivity index (χ1) is 9.26. The SMILES string of the molecule is COc1ccccc1Nc1nc2ccc(N)cc2o1. The molecule has 1 aromatic heterocycles. The van der Waals surface area contributed by atoms with Crippen LogP contribution in [0.25, 0.3) is 11.1 Å². The van der Waals surface area contributed by atoms with Crippen LogP contribution in [-0.2, 0) is 0 Å². The maximum Gasteiger partial charge on any atom is 0.300 e. The summed E-state index contributed by atoms with van der Waals surface area (Å²) in [5.41, 5.74) is 8.55. The van der Waals surface area contributed by atoms with Gasteiger partial charge in [0, 0.05) is 11.8 Å². The molecule has 5 nitrogen and oxygen atoms in total. The van der Waals surface area contributed by atoms with Crippen LogP contribution in [0.2, 0.25) is 0 Å². The van der Waals surface area contributed by atoms with Crippen LogP contribution in [0.15, 0.2) is 46.9 Å². The van der Waals surface area contributed by atoms with Gasteiger partial charge in [-0.15, -0.1) is 0 Å². The summed E-state index contributed by atoms with van der Waals surface area (Å²) in [6.45, 7) is 0. The van der Waals surface area contributed by atoms with Gasteiger partial charge in [-0.1, -0.05) is 12.1 Å². The monoisotopic (exact) mass is 255 g/mol. The van der Waals surface area contributed by atoms with Crippen LogP contribution in [0, 0.1) is 0 Å². The van der Waals surface area contributed by atoms with Gasteiger partial charge in [0.25, 0.3) is 6.01 Å². The van der Waals surface area contributed by atoms with Crippen molar-refractivity contribution in [2.75, 3.05) is 18.2 Å². The van der Waals surface area contributed by atoms with Gasteiger partial charge >= 0.3 is 0 Å². The first-order valence-corrected chi connectivity index (χ1v) is 5.82. The number of nitrogens with two attached hydrogens (primary N) is 1. The van der Waals surface area contributed by atoms with Crippen molar-refractivity contribution in [1.82, 2.24) is 4.98 Å². The minimum Gasteiger partial charge on any atom is -0.495 e. The molecule has 0 amide bonds. The van der Waals surface area contributed by atoms with Gasteiger partial charge < -0.3 is 20.2 Å². The lowest BCUT2D eigenvalue weighted by molar-refractivity contribution is 0.416. The highest BCUT2D eigenvalue weighted by Crippen LogP contribution is 2.28. The summed E-state index contributed by atoms with van der Waals surface area (Å²) in [7, 11) is 1.62. The number of nitrogen functional groups attached to an aromatic ring is 1. The number of para-hydroxylation sites is 2. The molecule has 0 radical (unpaired) electrons. The Morgan fingerprint density at radius 3 is 2.89 bits per heavy atom. The number of methoxy groups -OCH3 is 1. The molecule has 3 N–H and O–H groups in total. The molecule has 0 saturated carbocycles. The third-order valence-electron chi connectivity index (χ3n) is 2.76. The summed E-state index contributed by atoms with van der Waals surface area (Å²) in [4.78, 5) is 4.34. The average molecular weight is 255 g/mol. The zero-order valence-electron chi connectivity index (χ0n) is 10.4. The molecule has 0 aliphatic heterocycles. The molecule has 2 aromatic carbocycles. The molecule has 0 aliphatic rings. The van der Waals surface area contributed by atoms with E-state index in [1.807, 2.05) is 30.3 Å². The van der Waals surface area contributed by atoms with Crippen LogP contribution >= 0.6 is 0 Å².